The highest BCUT2D eigenvalue weighted by atomic mass is 16.2. The SMILES string of the molecule is CNC(=O)Nc1ccc(NCc2cncn2C(C)C)cc1. The zero-order valence-electron chi connectivity index (χ0n) is 12.6. The number of nitrogens with zero attached hydrogens (tertiary/aromatic N) is 2. The predicted molar refractivity (Wildman–Crippen MR) is 84.5 cm³/mol. The number of carbonyl (C=O) groups excluding carboxylic acids is 1. The lowest BCUT2D eigenvalue weighted by Crippen LogP contribution is -2.24. The fourth-order valence-corrected chi connectivity index (χ4v) is 1.99. The molecule has 3 N–H and O–H groups in total. The summed E-state index contributed by atoms with van der Waals surface area (Å²) in [5.74, 6) is 0. The van der Waals surface area contributed by atoms with E-state index in [2.05, 4.69) is 39.3 Å². The molecule has 0 radical (unpaired) electrons. The average molecular weight is 287 g/mol. The molecule has 1 aromatic carbocycles. The summed E-state index contributed by atoms with van der Waals surface area (Å²) in [5, 5.41) is 8.58. The summed E-state index contributed by atoms with van der Waals surface area (Å²) in [6.07, 6.45) is 3.71. The number of hydrogen-bond donors (Lipinski definition) is 3. The number of hydrogen-bond acceptors (Lipinski definition) is 3. The second-order valence-corrected chi connectivity index (χ2v) is 5.02. The standard InChI is InChI=1S/C15H21N5O/c1-11(2)20-10-17-8-14(20)9-18-12-4-6-13(7-5-12)19-15(21)16-3/h4-8,10-11,18H,9H2,1-3H3,(H2,16,19,21). The Morgan fingerprint density at radius 3 is 2.52 bits per heavy atom. The monoisotopic (exact) mass is 287 g/mol. The third-order valence-electron chi connectivity index (χ3n) is 3.15. The van der Waals surface area contributed by atoms with Gasteiger partial charge in [-0.15, -0.1) is 0 Å². The number of aromatic nitrogens is 2. The first-order valence-electron chi connectivity index (χ1n) is 6.93. The maximum Gasteiger partial charge on any atom is 0.318 e. The van der Waals surface area contributed by atoms with Gasteiger partial charge in [-0.2, -0.15) is 0 Å². The summed E-state index contributed by atoms with van der Waals surface area (Å²) in [6, 6.07) is 7.75. The number of nitrogens with one attached hydrogen (secondary N) is 3. The van der Waals surface area contributed by atoms with Crippen LogP contribution in [-0.2, 0) is 6.54 Å². The molecule has 112 valence electrons. The van der Waals surface area contributed by atoms with Crippen LogP contribution in [0.4, 0.5) is 16.2 Å². The predicted octanol–water partition coefficient (Wildman–Crippen LogP) is 2.83. The quantitative estimate of drug-likeness (QED) is 0.792. The van der Waals surface area contributed by atoms with Crippen molar-refractivity contribution in [2.75, 3.05) is 17.7 Å². The molecule has 0 aliphatic heterocycles. The molecule has 6 heteroatoms. The molecule has 0 saturated heterocycles. The van der Waals surface area contributed by atoms with Crippen LogP contribution in [0.3, 0.4) is 0 Å². The highest BCUT2D eigenvalue weighted by Crippen LogP contribution is 2.15. The highest BCUT2D eigenvalue weighted by molar-refractivity contribution is 5.89. The average Bonchev–Trinajstić information content (AvgIpc) is 2.95. The third kappa shape index (κ3) is 3.98. The number of carbonyl (C=O) groups is 1. The van der Waals surface area contributed by atoms with Gasteiger partial charge in [0.1, 0.15) is 0 Å². The first-order chi connectivity index (χ1) is 10.1. The smallest absolute Gasteiger partial charge is 0.318 e. The zero-order valence-corrected chi connectivity index (χ0v) is 12.6. The number of amides is 2. The molecule has 2 aromatic rings. The van der Waals surface area contributed by atoms with Gasteiger partial charge in [-0.25, -0.2) is 9.78 Å². The van der Waals surface area contributed by atoms with E-state index in [1.807, 2.05) is 36.8 Å². The van der Waals surface area contributed by atoms with Gasteiger partial charge < -0.3 is 20.5 Å². The lowest BCUT2D eigenvalue weighted by Gasteiger charge is -2.13. The van der Waals surface area contributed by atoms with E-state index in [-0.39, 0.29) is 6.03 Å². The Hall–Kier alpha value is -2.50. The lowest BCUT2D eigenvalue weighted by molar-refractivity contribution is 0.254. The summed E-state index contributed by atoms with van der Waals surface area (Å²) >= 11 is 0. The van der Waals surface area contributed by atoms with Gasteiger partial charge in [0.25, 0.3) is 0 Å². The van der Waals surface area contributed by atoms with E-state index in [1.54, 1.807) is 7.05 Å². The molecule has 0 saturated carbocycles. The van der Waals surface area contributed by atoms with Gasteiger partial charge in [0.15, 0.2) is 0 Å². The first-order valence-corrected chi connectivity index (χ1v) is 6.93. The van der Waals surface area contributed by atoms with Gasteiger partial charge in [0.2, 0.25) is 0 Å². The van der Waals surface area contributed by atoms with Crippen LogP contribution in [0.25, 0.3) is 0 Å². The summed E-state index contributed by atoms with van der Waals surface area (Å²) < 4.78 is 2.13. The van der Waals surface area contributed by atoms with Crippen molar-refractivity contribution in [3.05, 3.63) is 42.5 Å². The van der Waals surface area contributed by atoms with E-state index in [9.17, 15) is 4.79 Å². The number of anilines is 2. The fraction of sp³-hybridized carbons (Fsp3) is 0.333. The van der Waals surface area contributed by atoms with Crippen molar-refractivity contribution in [1.82, 2.24) is 14.9 Å². The van der Waals surface area contributed by atoms with Crippen LogP contribution in [0.15, 0.2) is 36.8 Å². The summed E-state index contributed by atoms with van der Waals surface area (Å²) in [7, 11) is 1.59. The Morgan fingerprint density at radius 2 is 1.90 bits per heavy atom. The van der Waals surface area contributed by atoms with Crippen molar-refractivity contribution in [3.8, 4) is 0 Å². The summed E-state index contributed by atoms with van der Waals surface area (Å²) in [6.45, 7) is 4.97. The molecular weight excluding hydrogens is 266 g/mol. The van der Waals surface area contributed by atoms with Crippen LogP contribution in [0.1, 0.15) is 25.6 Å². The first kappa shape index (κ1) is 14.9. The van der Waals surface area contributed by atoms with E-state index < -0.39 is 0 Å². The fourth-order valence-electron chi connectivity index (χ4n) is 1.99. The molecule has 0 aliphatic rings. The molecule has 2 amide bonds. The molecule has 0 aliphatic carbocycles. The zero-order chi connectivity index (χ0) is 15.2. The molecule has 0 fully saturated rings. The van der Waals surface area contributed by atoms with Crippen molar-refractivity contribution in [1.29, 1.82) is 0 Å². The molecule has 1 heterocycles. The van der Waals surface area contributed by atoms with Crippen molar-refractivity contribution >= 4 is 17.4 Å². The maximum absolute atomic E-state index is 11.2. The minimum atomic E-state index is -0.225. The molecule has 1 aromatic heterocycles. The van der Waals surface area contributed by atoms with E-state index in [0.29, 0.717) is 12.6 Å². The van der Waals surface area contributed by atoms with E-state index in [4.69, 9.17) is 0 Å². The van der Waals surface area contributed by atoms with Crippen LogP contribution in [-0.4, -0.2) is 22.6 Å². The van der Waals surface area contributed by atoms with Gasteiger partial charge >= 0.3 is 6.03 Å². The highest BCUT2D eigenvalue weighted by Gasteiger charge is 2.05. The second kappa shape index (κ2) is 6.78. The molecule has 0 atom stereocenters. The Bertz CT molecular complexity index is 588. The molecule has 6 nitrogen and oxygen atoms in total. The van der Waals surface area contributed by atoms with Gasteiger partial charge in [0, 0.05) is 30.7 Å². The number of imidazole rings is 1. The molecule has 0 spiro atoms. The van der Waals surface area contributed by atoms with E-state index in [1.165, 1.54) is 0 Å². The van der Waals surface area contributed by atoms with E-state index in [0.717, 1.165) is 17.1 Å². The third-order valence-corrected chi connectivity index (χ3v) is 3.15. The van der Waals surface area contributed by atoms with Crippen molar-refractivity contribution in [2.24, 2.45) is 0 Å². The minimum absolute atomic E-state index is 0.225. The molecule has 0 unspecified atom stereocenters. The van der Waals surface area contributed by atoms with Crippen LogP contribution in [0.5, 0.6) is 0 Å². The normalized spacial score (nSPS) is 10.5. The van der Waals surface area contributed by atoms with Gasteiger partial charge in [-0.3, -0.25) is 0 Å². The minimum Gasteiger partial charge on any atom is -0.379 e. The molecule has 0 bridgehead atoms. The summed E-state index contributed by atoms with van der Waals surface area (Å²) in [4.78, 5) is 15.4. The molecular formula is C15H21N5O. The lowest BCUT2D eigenvalue weighted by atomic mass is 10.2. The largest absolute Gasteiger partial charge is 0.379 e. The van der Waals surface area contributed by atoms with Crippen LogP contribution in [0.2, 0.25) is 0 Å². The van der Waals surface area contributed by atoms with Crippen LogP contribution >= 0.6 is 0 Å². The Morgan fingerprint density at radius 1 is 1.24 bits per heavy atom. The van der Waals surface area contributed by atoms with Gasteiger partial charge in [0.05, 0.1) is 18.6 Å². The number of urea groups is 1. The van der Waals surface area contributed by atoms with E-state index >= 15 is 0 Å². The van der Waals surface area contributed by atoms with Crippen molar-refractivity contribution in [2.45, 2.75) is 26.4 Å². The van der Waals surface area contributed by atoms with Crippen molar-refractivity contribution < 1.29 is 4.79 Å². The van der Waals surface area contributed by atoms with Crippen molar-refractivity contribution in [3.63, 3.8) is 0 Å². The number of rotatable bonds is 5. The molecule has 2 rings (SSSR count). The Balaban J connectivity index is 1.94. The van der Waals surface area contributed by atoms with Crippen LogP contribution in [0, 0.1) is 0 Å². The Kier molecular flexibility index (Phi) is 4.81. The maximum atomic E-state index is 11.2. The van der Waals surface area contributed by atoms with Gasteiger partial charge in [-0.1, -0.05) is 0 Å². The number of benzene rings is 1. The molecule has 21 heavy (non-hydrogen) atoms. The topological polar surface area (TPSA) is 71.0 Å². The Labute approximate surface area is 124 Å². The summed E-state index contributed by atoms with van der Waals surface area (Å²) in [5.41, 5.74) is 2.89. The van der Waals surface area contributed by atoms with Crippen LogP contribution < -0.4 is 16.0 Å². The second-order valence-electron chi connectivity index (χ2n) is 5.02. The van der Waals surface area contributed by atoms with Gasteiger partial charge in [-0.05, 0) is 38.1 Å².